The molecule has 1 aliphatic heterocycles. The fraction of sp³-hybridized carbons (Fsp3) is 0.417. The van der Waals surface area contributed by atoms with E-state index in [9.17, 15) is 13.2 Å². The Hall–Kier alpha value is -2.89. The molecular weight excluding hydrogens is 428 g/mol. The number of benzene rings is 2. The molecule has 2 aromatic carbocycles. The Labute approximate surface area is 189 Å². The third-order valence-corrected chi connectivity index (χ3v) is 8.36. The predicted molar refractivity (Wildman–Crippen MR) is 120 cm³/mol. The number of carbonyl (C=O) groups excluding carboxylic acids is 1. The highest BCUT2D eigenvalue weighted by atomic mass is 32.2. The first kappa shape index (κ1) is 23.8. The molecule has 0 radical (unpaired) electrons. The monoisotopic (exact) mass is 456 g/mol. The van der Waals surface area contributed by atoms with Crippen LogP contribution < -0.4 is 9.47 Å². The first-order chi connectivity index (χ1) is 15.1. The van der Waals surface area contributed by atoms with Gasteiger partial charge in [-0.15, -0.1) is 0 Å². The molecule has 32 heavy (non-hydrogen) atoms. The molecule has 1 fully saturated rings. The molecule has 0 aliphatic carbocycles. The number of rotatable bonds is 5. The number of piperidine rings is 1. The van der Waals surface area contributed by atoms with E-state index in [0.717, 1.165) is 22.3 Å². The molecule has 3 rings (SSSR count). The lowest BCUT2D eigenvalue weighted by atomic mass is 9.98. The lowest BCUT2D eigenvalue weighted by Gasteiger charge is -2.31. The molecular formula is C24H28N2O5S. The van der Waals surface area contributed by atoms with E-state index in [4.69, 9.17) is 14.7 Å². The van der Waals surface area contributed by atoms with Gasteiger partial charge in [-0.05, 0) is 74.9 Å². The van der Waals surface area contributed by atoms with Crippen molar-refractivity contribution >= 4 is 16.0 Å². The van der Waals surface area contributed by atoms with E-state index in [1.54, 1.807) is 6.07 Å². The molecule has 170 valence electrons. The summed E-state index contributed by atoms with van der Waals surface area (Å²) in [4.78, 5) is 13.1. The zero-order valence-corrected chi connectivity index (χ0v) is 19.9. The van der Waals surface area contributed by atoms with Crippen LogP contribution in [0, 0.1) is 44.9 Å². The summed E-state index contributed by atoms with van der Waals surface area (Å²) in [6.45, 7) is 8.01. The van der Waals surface area contributed by atoms with Crippen molar-refractivity contribution in [3.8, 4) is 17.6 Å². The van der Waals surface area contributed by atoms with Crippen LogP contribution in [-0.2, 0) is 14.8 Å². The summed E-state index contributed by atoms with van der Waals surface area (Å²) < 4.78 is 39.0. The minimum Gasteiger partial charge on any atom is -0.493 e. The normalized spacial score (nSPS) is 15.2. The first-order valence-corrected chi connectivity index (χ1v) is 11.9. The predicted octanol–water partition coefficient (Wildman–Crippen LogP) is 3.81. The highest BCUT2D eigenvalue weighted by molar-refractivity contribution is 7.89. The van der Waals surface area contributed by atoms with Gasteiger partial charge in [0.25, 0.3) is 0 Å². The number of carbonyl (C=O) groups is 1. The van der Waals surface area contributed by atoms with Crippen molar-refractivity contribution in [3.05, 3.63) is 52.1 Å². The number of hydrogen-bond donors (Lipinski definition) is 0. The molecule has 8 heteroatoms. The Morgan fingerprint density at radius 1 is 1.03 bits per heavy atom. The molecule has 0 unspecified atom stereocenters. The van der Waals surface area contributed by atoms with Gasteiger partial charge in [0.1, 0.15) is 0 Å². The molecule has 1 aliphatic rings. The van der Waals surface area contributed by atoms with E-state index >= 15 is 0 Å². The van der Waals surface area contributed by atoms with Gasteiger partial charge in [0.15, 0.2) is 11.5 Å². The van der Waals surface area contributed by atoms with Crippen LogP contribution in [-0.4, -0.2) is 38.9 Å². The number of hydrogen-bond acceptors (Lipinski definition) is 6. The van der Waals surface area contributed by atoms with Crippen LogP contribution in [0.2, 0.25) is 0 Å². The molecule has 0 amide bonds. The van der Waals surface area contributed by atoms with Crippen LogP contribution in [0.1, 0.15) is 40.7 Å². The van der Waals surface area contributed by atoms with Crippen LogP contribution in [0.15, 0.2) is 29.2 Å². The molecule has 0 spiro atoms. The topological polar surface area (TPSA) is 96.7 Å². The van der Waals surface area contributed by atoms with Gasteiger partial charge in [0.05, 0.1) is 29.6 Å². The van der Waals surface area contributed by atoms with E-state index in [0.29, 0.717) is 29.1 Å². The van der Waals surface area contributed by atoms with Crippen molar-refractivity contribution in [2.75, 3.05) is 20.2 Å². The molecule has 0 N–H and O–H groups in total. The Morgan fingerprint density at radius 2 is 1.62 bits per heavy atom. The van der Waals surface area contributed by atoms with Gasteiger partial charge in [-0.1, -0.05) is 6.07 Å². The summed E-state index contributed by atoms with van der Waals surface area (Å²) in [5.74, 6) is -0.293. The van der Waals surface area contributed by atoms with Crippen LogP contribution in [0.4, 0.5) is 0 Å². The second kappa shape index (κ2) is 9.31. The van der Waals surface area contributed by atoms with Gasteiger partial charge in [-0.2, -0.15) is 9.57 Å². The number of sulfonamides is 1. The molecule has 0 bridgehead atoms. The van der Waals surface area contributed by atoms with Crippen molar-refractivity contribution in [3.63, 3.8) is 0 Å². The number of esters is 1. The van der Waals surface area contributed by atoms with Gasteiger partial charge in [-0.25, -0.2) is 8.42 Å². The van der Waals surface area contributed by atoms with Gasteiger partial charge < -0.3 is 9.47 Å². The molecule has 0 aromatic heterocycles. The van der Waals surface area contributed by atoms with Gasteiger partial charge >= 0.3 is 5.97 Å². The maximum atomic E-state index is 13.4. The molecule has 7 nitrogen and oxygen atoms in total. The maximum Gasteiger partial charge on any atom is 0.314 e. The summed E-state index contributed by atoms with van der Waals surface area (Å²) in [6, 6.07) is 8.60. The highest BCUT2D eigenvalue weighted by Crippen LogP contribution is 2.33. The Bertz CT molecular complexity index is 1160. The Kier molecular flexibility index (Phi) is 6.91. The summed E-state index contributed by atoms with van der Waals surface area (Å²) in [7, 11) is -2.23. The molecule has 0 saturated carbocycles. The lowest BCUT2D eigenvalue weighted by molar-refractivity contribution is -0.140. The van der Waals surface area contributed by atoms with E-state index in [1.165, 1.54) is 23.5 Å². The Morgan fingerprint density at radius 3 is 2.16 bits per heavy atom. The number of nitrogens with zero attached hydrogens (tertiary/aromatic N) is 2. The third-order valence-electron chi connectivity index (χ3n) is 6.19. The molecule has 1 saturated heterocycles. The lowest BCUT2D eigenvalue weighted by Crippen LogP contribution is -2.41. The van der Waals surface area contributed by atoms with Gasteiger partial charge in [0, 0.05) is 19.2 Å². The molecule has 1 heterocycles. The largest absolute Gasteiger partial charge is 0.493 e. The average molecular weight is 457 g/mol. The SMILES string of the molecule is COc1cc(C#N)ccc1OC(=O)C1CCN(S(=O)(=O)c2c(C)c(C)cc(C)c2C)CC1. The minimum atomic E-state index is -3.66. The summed E-state index contributed by atoms with van der Waals surface area (Å²) in [5.41, 5.74) is 3.82. The van der Waals surface area contributed by atoms with Crippen LogP contribution in [0.3, 0.4) is 0 Å². The van der Waals surface area contributed by atoms with Crippen molar-refractivity contribution < 1.29 is 22.7 Å². The van der Waals surface area contributed by atoms with E-state index in [1.807, 2.05) is 39.8 Å². The smallest absolute Gasteiger partial charge is 0.314 e. The van der Waals surface area contributed by atoms with Crippen LogP contribution >= 0.6 is 0 Å². The Balaban J connectivity index is 1.73. The average Bonchev–Trinajstić information content (AvgIpc) is 2.78. The number of methoxy groups -OCH3 is 1. The minimum absolute atomic E-state index is 0.244. The zero-order chi connectivity index (χ0) is 23.6. The fourth-order valence-corrected chi connectivity index (χ4v) is 6.09. The quantitative estimate of drug-likeness (QED) is 0.501. The molecule has 0 atom stereocenters. The zero-order valence-electron chi connectivity index (χ0n) is 19.1. The summed E-state index contributed by atoms with van der Waals surface area (Å²) >= 11 is 0. The number of ether oxygens (including phenoxy) is 2. The summed E-state index contributed by atoms with van der Waals surface area (Å²) in [6.07, 6.45) is 0.749. The summed E-state index contributed by atoms with van der Waals surface area (Å²) in [5, 5.41) is 9.00. The first-order valence-electron chi connectivity index (χ1n) is 10.5. The van der Waals surface area contributed by atoms with Crippen molar-refractivity contribution in [2.24, 2.45) is 5.92 Å². The fourth-order valence-electron chi connectivity index (χ4n) is 4.04. The maximum absolute atomic E-state index is 13.4. The van der Waals surface area contributed by atoms with Crippen LogP contribution in [0.25, 0.3) is 0 Å². The van der Waals surface area contributed by atoms with E-state index in [2.05, 4.69) is 0 Å². The van der Waals surface area contributed by atoms with Gasteiger partial charge in [-0.3, -0.25) is 4.79 Å². The van der Waals surface area contributed by atoms with E-state index in [-0.39, 0.29) is 18.8 Å². The number of nitriles is 1. The standard InChI is InChI=1S/C24H28N2O5S/c1-15-12-16(2)18(4)23(17(15)3)32(28,29)26-10-8-20(9-11-26)24(27)31-21-7-6-19(14-25)13-22(21)30-5/h6-7,12-13,20H,8-11H2,1-5H3. The van der Waals surface area contributed by atoms with E-state index < -0.39 is 21.9 Å². The molecule has 2 aromatic rings. The van der Waals surface area contributed by atoms with Crippen molar-refractivity contribution in [1.82, 2.24) is 4.31 Å². The van der Waals surface area contributed by atoms with Gasteiger partial charge in [0.2, 0.25) is 10.0 Å². The second-order valence-corrected chi connectivity index (χ2v) is 10.0. The highest BCUT2D eigenvalue weighted by Gasteiger charge is 2.35. The van der Waals surface area contributed by atoms with Crippen molar-refractivity contribution in [2.45, 2.75) is 45.4 Å². The number of aryl methyl sites for hydroxylation is 2. The second-order valence-electron chi connectivity index (χ2n) is 8.17. The van der Waals surface area contributed by atoms with Crippen molar-refractivity contribution in [1.29, 1.82) is 5.26 Å². The third kappa shape index (κ3) is 4.50. The van der Waals surface area contributed by atoms with Crippen LogP contribution in [0.5, 0.6) is 11.5 Å².